The Labute approximate surface area is 148 Å². The molecule has 2 aromatic rings. The molecule has 1 saturated heterocycles. The van der Waals surface area contributed by atoms with E-state index in [-0.39, 0.29) is 12.1 Å². The molecule has 2 aliphatic carbocycles. The van der Waals surface area contributed by atoms with E-state index in [0.29, 0.717) is 12.5 Å². The molecule has 1 atom stereocenters. The standard InChI is InChI=1S/C22H22NO2/c24-20-14-21(25-15-8-2-1-3-9-15)23(20)22-18-12-6-4-10-16(18)17-11-5-7-13-19(17)22/h4-7,10-13,15,21H,1-3,8-9,14H2/q+1. The van der Waals surface area contributed by atoms with Crippen LogP contribution in [0, 0.1) is 0 Å². The Morgan fingerprint density at radius 2 is 1.36 bits per heavy atom. The minimum atomic E-state index is -0.107. The molecule has 1 saturated carbocycles. The molecule has 1 unspecified atom stereocenters. The number of hydrogen-bond acceptors (Lipinski definition) is 2. The van der Waals surface area contributed by atoms with E-state index in [2.05, 4.69) is 36.4 Å². The van der Waals surface area contributed by atoms with Gasteiger partial charge in [0.15, 0.2) is 6.42 Å². The van der Waals surface area contributed by atoms with Crippen LogP contribution in [0.2, 0.25) is 0 Å². The summed E-state index contributed by atoms with van der Waals surface area (Å²) in [7, 11) is 0. The number of β-lactam (4-membered cyclic amide) rings is 1. The van der Waals surface area contributed by atoms with Gasteiger partial charge in [-0.3, -0.25) is 0 Å². The van der Waals surface area contributed by atoms with Gasteiger partial charge in [-0.1, -0.05) is 55.7 Å². The third-order valence-electron chi connectivity index (χ3n) is 5.70. The van der Waals surface area contributed by atoms with E-state index in [9.17, 15) is 4.79 Å². The Hall–Kier alpha value is -2.26. The minimum Gasteiger partial charge on any atom is -0.317 e. The second-order valence-electron chi connectivity index (χ2n) is 7.26. The van der Waals surface area contributed by atoms with Crippen LogP contribution in [0.1, 0.15) is 49.7 Å². The van der Waals surface area contributed by atoms with Crippen LogP contribution in [-0.4, -0.2) is 28.5 Å². The monoisotopic (exact) mass is 332 g/mol. The maximum atomic E-state index is 12.5. The van der Waals surface area contributed by atoms with E-state index in [1.807, 2.05) is 16.7 Å². The van der Waals surface area contributed by atoms with Crippen LogP contribution in [0.15, 0.2) is 48.5 Å². The van der Waals surface area contributed by atoms with Crippen molar-refractivity contribution in [2.24, 2.45) is 0 Å². The Morgan fingerprint density at radius 3 is 1.92 bits per heavy atom. The molecular weight excluding hydrogens is 310 g/mol. The summed E-state index contributed by atoms with van der Waals surface area (Å²) in [5, 5.41) is 0. The molecule has 1 amide bonds. The van der Waals surface area contributed by atoms with Crippen molar-refractivity contribution in [1.29, 1.82) is 0 Å². The van der Waals surface area contributed by atoms with Crippen molar-refractivity contribution in [3.05, 3.63) is 59.7 Å². The molecule has 0 N–H and O–H groups in total. The van der Waals surface area contributed by atoms with Crippen molar-refractivity contribution >= 4 is 11.6 Å². The van der Waals surface area contributed by atoms with E-state index in [0.717, 1.165) is 29.7 Å². The zero-order chi connectivity index (χ0) is 16.8. The van der Waals surface area contributed by atoms with Crippen LogP contribution in [0.4, 0.5) is 0 Å². The van der Waals surface area contributed by atoms with Gasteiger partial charge < -0.3 is 4.74 Å². The highest BCUT2D eigenvalue weighted by molar-refractivity contribution is 6.23. The molecule has 0 radical (unpaired) electrons. The summed E-state index contributed by atoms with van der Waals surface area (Å²) in [6.07, 6.45) is 6.76. The molecule has 3 heteroatoms. The van der Waals surface area contributed by atoms with Crippen LogP contribution in [-0.2, 0) is 9.53 Å². The molecule has 3 aliphatic rings. The molecule has 0 aromatic heterocycles. The zero-order valence-corrected chi connectivity index (χ0v) is 14.3. The smallest absolute Gasteiger partial charge is 0.317 e. The van der Waals surface area contributed by atoms with E-state index < -0.39 is 0 Å². The molecule has 2 fully saturated rings. The summed E-state index contributed by atoms with van der Waals surface area (Å²) >= 11 is 0. The van der Waals surface area contributed by atoms with Crippen molar-refractivity contribution in [2.75, 3.05) is 0 Å². The fourth-order valence-corrected chi connectivity index (χ4v) is 4.44. The number of carbonyl (C=O) groups excluding carboxylic acids is 1. The number of hydrogen-bond donors (Lipinski definition) is 0. The first-order valence-corrected chi connectivity index (χ1v) is 9.36. The highest BCUT2D eigenvalue weighted by Gasteiger charge is 2.50. The molecular formula is C22H22NO2+. The summed E-state index contributed by atoms with van der Waals surface area (Å²) in [6.45, 7) is 0. The van der Waals surface area contributed by atoms with Crippen LogP contribution >= 0.6 is 0 Å². The third-order valence-corrected chi connectivity index (χ3v) is 5.70. The lowest BCUT2D eigenvalue weighted by atomic mass is 9.97. The lowest BCUT2D eigenvalue weighted by Gasteiger charge is -2.29. The molecule has 5 rings (SSSR count). The van der Waals surface area contributed by atoms with Crippen molar-refractivity contribution in [2.45, 2.75) is 50.9 Å². The highest BCUT2D eigenvalue weighted by atomic mass is 16.5. The molecule has 0 spiro atoms. The van der Waals surface area contributed by atoms with Gasteiger partial charge in [-0.05, 0) is 36.1 Å². The van der Waals surface area contributed by atoms with Gasteiger partial charge in [0.1, 0.15) is 0 Å². The maximum Gasteiger partial charge on any atom is 0.399 e. The topological polar surface area (TPSA) is 29.3 Å². The molecule has 3 nitrogen and oxygen atoms in total. The normalized spacial score (nSPS) is 22.6. The van der Waals surface area contributed by atoms with Crippen LogP contribution in [0.3, 0.4) is 0 Å². The summed E-state index contributed by atoms with van der Waals surface area (Å²) in [4.78, 5) is 12.5. The zero-order valence-electron chi connectivity index (χ0n) is 14.3. The second kappa shape index (κ2) is 5.92. The number of amides is 1. The molecule has 0 bridgehead atoms. The van der Waals surface area contributed by atoms with Crippen LogP contribution in [0.25, 0.3) is 11.1 Å². The summed E-state index contributed by atoms with van der Waals surface area (Å²) in [5.74, 6) is 0.169. The molecule has 1 heterocycles. The number of carbonyl (C=O) groups is 1. The summed E-state index contributed by atoms with van der Waals surface area (Å²) in [5.41, 5.74) is 5.75. The SMILES string of the molecule is O=C1CC(OC2CCCCC2)[N+]1=C1c2ccccc2-c2ccccc21. The van der Waals surface area contributed by atoms with Gasteiger partial charge in [-0.25, -0.2) is 4.79 Å². The number of rotatable bonds is 2. The van der Waals surface area contributed by atoms with Crippen molar-refractivity contribution in [1.82, 2.24) is 0 Å². The van der Waals surface area contributed by atoms with E-state index in [1.54, 1.807) is 0 Å². The largest absolute Gasteiger partial charge is 0.399 e. The Morgan fingerprint density at radius 1 is 0.800 bits per heavy atom. The molecule has 126 valence electrons. The number of fused-ring (bicyclic) bond motifs is 3. The summed E-state index contributed by atoms with van der Waals surface area (Å²) < 4.78 is 8.24. The van der Waals surface area contributed by atoms with Gasteiger partial charge in [-0.2, -0.15) is 0 Å². The predicted molar refractivity (Wildman–Crippen MR) is 96.7 cm³/mol. The lowest BCUT2D eigenvalue weighted by Crippen LogP contribution is -2.51. The van der Waals surface area contributed by atoms with Crippen molar-refractivity contribution in [3.8, 4) is 11.1 Å². The first-order chi connectivity index (χ1) is 12.3. The fourth-order valence-electron chi connectivity index (χ4n) is 4.44. The average molecular weight is 332 g/mol. The van der Waals surface area contributed by atoms with Crippen molar-refractivity contribution < 1.29 is 14.1 Å². The van der Waals surface area contributed by atoms with Gasteiger partial charge in [-0.15, -0.1) is 4.58 Å². The summed E-state index contributed by atoms with van der Waals surface area (Å²) in [6, 6.07) is 16.7. The highest BCUT2D eigenvalue weighted by Crippen LogP contribution is 2.38. The first kappa shape index (κ1) is 15.0. The van der Waals surface area contributed by atoms with Gasteiger partial charge in [0, 0.05) is 0 Å². The van der Waals surface area contributed by atoms with E-state index >= 15 is 0 Å². The van der Waals surface area contributed by atoms with Crippen LogP contribution < -0.4 is 0 Å². The van der Waals surface area contributed by atoms with Gasteiger partial charge >= 0.3 is 5.91 Å². The number of nitrogens with zero attached hydrogens (tertiary/aromatic N) is 1. The Bertz CT molecular complexity index is 830. The first-order valence-electron chi connectivity index (χ1n) is 9.36. The van der Waals surface area contributed by atoms with Crippen molar-refractivity contribution in [3.63, 3.8) is 0 Å². The predicted octanol–water partition coefficient (Wildman–Crippen LogP) is 4.12. The third kappa shape index (κ3) is 2.37. The van der Waals surface area contributed by atoms with E-state index in [4.69, 9.17) is 4.74 Å². The number of benzene rings is 2. The van der Waals surface area contributed by atoms with Crippen LogP contribution in [0.5, 0.6) is 0 Å². The quantitative estimate of drug-likeness (QED) is 0.522. The maximum absolute atomic E-state index is 12.5. The van der Waals surface area contributed by atoms with Gasteiger partial charge in [0.25, 0.3) is 6.23 Å². The van der Waals surface area contributed by atoms with E-state index in [1.165, 1.54) is 30.4 Å². The Kier molecular flexibility index (Phi) is 3.56. The molecule has 2 aromatic carbocycles. The Balaban J connectivity index is 1.59. The minimum absolute atomic E-state index is 0.107. The number of ether oxygens (including phenoxy) is 1. The van der Waals surface area contributed by atoms with Gasteiger partial charge in [0.05, 0.1) is 17.2 Å². The molecule has 1 aliphatic heterocycles. The van der Waals surface area contributed by atoms with Gasteiger partial charge in [0.2, 0.25) is 5.71 Å². The molecule has 25 heavy (non-hydrogen) atoms. The fraction of sp³-hybridized carbons (Fsp3) is 0.364. The lowest BCUT2D eigenvalue weighted by molar-refractivity contribution is -0.588. The average Bonchev–Trinajstić information content (AvgIpc) is 2.97. The second-order valence-corrected chi connectivity index (χ2v) is 7.26.